The first kappa shape index (κ1) is 23.6. The summed E-state index contributed by atoms with van der Waals surface area (Å²) < 4.78 is 5.56. The van der Waals surface area contributed by atoms with E-state index in [1.165, 1.54) is 0 Å². The summed E-state index contributed by atoms with van der Waals surface area (Å²) in [4.78, 5) is 15.7. The lowest BCUT2D eigenvalue weighted by Gasteiger charge is -2.12. The van der Waals surface area contributed by atoms with E-state index >= 15 is 0 Å². The van der Waals surface area contributed by atoms with E-state index in [0.717, 1.165) is 44.2 Å². The van der Waals surface area contributed by atoms with Gasteiger partial charge in [-0.25, -0.2) is 4.99 Å². The van der Waals surface area contributed by atoms with Gasteiger partial charge in [-0.05, 0) is 37.0 Å². The molecule has 0 heterocycles. The molecule has 0 bridgehead atoms. The number of halogens is 1. The molecule has 0 aromatic heterocycles. The molecular formula is C18H31IN4O2. The quantitative estimate of drug-likeness (QED) is 0.216. The number of guanidine groups is 1. The third-order valence-electron chi connectivity index (χ3n) is 3.18. The molecule has 25 heavy (non-hydrogen) atoms. The van der Waals surface area contributed by atoms with Gasteiger partial charge >= 0.3 is 0 Å². The molecule has 4 N–H and O–H groups in total. The molecule has 1 amide bonds. The molecule has 1 rings (SSSR count). The van der Waals surface area contributed by atoms with E-state index in [0.29, 0.717) is 18.0 Å². The molecular weight excluding hydrogens is 431 g/mol. The Bertz CT molecular complexity index is 536. The van der Waals surface area contributed by atoms with Crippen LogP contribution in [0.15, 0.2) is 29.3 Å². The van der Waals surface area contributed by atoms with E-state index in [1.807, 2.05) is 19.1 Å². The largest absolute Gasteiger partial charge is 0.381 e. The van der Waals surface area contributed by atoms with Crippen LogP contribution in [-0.2, 0) is 11.3 Å². The van der Waals surface area contributed by atoms with Crippen LogP contribution in [0, 0.1) is 5.92 Å². The minimum absolute atomic E-state index is 0. The van der Waals surface area contributed by atoms with E-state index < -0.39 is 5.91 Å². The SMILES string of the molecule is CCNC(=NCc1cccc(C(N)=O)c1)NCCCOCC(C)C.I. The van der Waals surface area contributed by atoms with Gasteiger partial charge in [0.25, 0.3) is 0 Å². The van der Waals surface area contributed by atoms with Gasteiger partial charge < -0.3 is 21.1 Å². The van der Waals surface area contributed by atoms with Gasteiger partial charge in [0.15, 0.2) is 5.96 Å². The molecule has 1 aromatic carbocycles. The highest BCUT2D eigenvalue weighted by molar-refractivity contribution is 14.0. The van der Waals surface area contributed by atoms with Crippen molar-refractivity contribution in [2.75, 3.05) is 26.3 Å². The van der Waals surface area contributed by atoms with Crippen molar-refractivity contribution in [3.63, 3.8) is 0 Å². The molecule has 0 aliphatic rings. The topological polar surface area (TPSA) is 88.7 Å². The summed E-state index contributed by atoms with van der Waals surface area (Å²) in [6, 6.07) is 7.22. The average molecular weight is 462 g/mol. The van der Waals surface area contributed by atoms with Crippen LogP contribution >= 0.6 is 24.0 Å². The summed E-state index contributed by atoms with van der Waals surface area (Å²) in [6.07, 6.45) is 0.925. The fourth-order valence-electron chi connectivity index (χ4n) is 2.04. The van der Waals surface area contributed by atoms with Gasteiger partial charge in [-0.3, -0.25) is 4.79 Å². The van der Waals surface area contributed by atoms with Crippen molar-refractivity contribution >= 4 is 35.8 Å². The minimum atomic E-state index is -0.424. The number of carbonyl (C=O) groups is 1. The molecule has 0 unspecified atom stereocenters. The van der Waals surface area contributed by atoms with Gasteiger partial charge in [0.05, 0.1) is 6.54 Å². The number of primary amides is 1. The Morgan fingerprint density at radius 1 is 1.32 bits per heavy atom. The first-order chi connectivity index (χ1) is 11.5. The van der Waals surface area contributed by atoms with Crippen LogP contribution in [0.25, 0.3) is 0 Å². The number of nitrogens with one attached hydrogen (secondary N) is 2. The van der Waals surface area contributed by atoms with Crippen molar-refractivity contribution in [3.05, 3.63) is 35.4 Å². The van der Waals surface area contributed by atoms with Crippen LogP contribution in [0.2, 0.25) is 0 Å². The summed E-state index contributed by atoms with van der Waals surface area (Å²) in [6.45, 7) is 9.91. The number of carbonyl (C=O) groups excluding carboxylic acids is 1. The summed E-state index contributed by atoms with van der Waals surface area (Å²) in [5, 5.41) is 6.49. The molecule has 1 aromatic rings. The second kappa shape index (κ2) is 13.9. The number of hydrogen-bond acceptors (Lipinski definition) is 3. The maximum atomic E-state index is 11.2. The third-order valence-corrected chi connectivity index (χ3v) is 3.18. The lowest BCUT2D eigenvalue weighted by atomic mass is 10.1. The van der Waals surface area contributed by atoms with E-state index in [-0.39, 0.29) is 24.0 Å². The van der Waals surface area contributed by atoms with Crippen molar-refractivity contribution < 1.29 is 9.53 Å². The highest BCUT2D eigenvalue weighted by Gasteiger charge is 2.02. The molecule has 0 saturated carbocycles. The van der Waals surface area contributed by atoms with E-state index in [4.69, 9.17) is 10.5 Å². The zero-order valence-corrected chi connectivity index (χ0v) is 17.7. The Labute approximate surface area is 168 Å². The molecule has 142 valence electrons. The summed E-state index contributed by atoms with van der Waals surface area (Å²) in [7, 11) is 0. The number of nitrogens with zero attached hydrogens (tertiary/aromatic N) is 1. The average Bonchev–Trinajstić information content (AvgIpc) is 2.55. The standard InChI is InChI=1S/C18H30N4O2.HI/c1-4-20-18(21-9-6-10-24-13-14(2)3)22-12-15-7-5-8-16(11-15)17(19)23;/h5,7-8,11,14H,4,6,9-10,12-13H2,1-3H3,(H2,19,23)(H2,20,21,22);1H. The molecule has 0 aliphatic carbocycles. The Morgan fingerprint density at radius 3 is 2.72 bits per heavy atom. The van der Waals surface area contributed by atoms with Crippen molar-refractivity contribution in [3.8, 4) is 0 Å². The summed E-state index contributed by atoms with van der Waals surface area (Å²) in [5.74, 6) is 0.895. The first-order valence-electron chi connectivity index (χ1n) is 8.51. The smallest absolute Gasteiger partial charge is 0.248 e. The number of benzene rings is 1. The fraction of sp³-hybridized carbons (Fsp3) is 0.556. The van der Waals surface area contributed by atoms with Gasteiger partial charge in [-0.15, -0.1) is 24.0 Å². The van der Waals surface area contributed by atoms with Crippen LogP contribution in [0.1, 0.15) is 43.1 Å². The summed E-state index contributed by atoms with van der Waals surface area (Å²) >= 11 is 0. The molecule has 0 saturated heterocycles. The minimum Gasteiger partial charge on any atom is -0.381 e. The normalized spacial score (nSPS) is 11.1. The second-order valence-corrected chi connectivity index (χ2v) is 6.01. The Morgan fingerprint density at radius 2 is 2.08 bits per heavy atom. The zero-order chi connectivity index (χ0) is 17.8. The van der Waals surface area contributed by atoms with Gasteiger partial charge in [-0.2, -0.15) is 0 Å². The number of amides is 1. The number of ether oxygens (including phenoxy) is 1. The maximum absolute atomic E-state index is 11.2. The fourth-order valence-corrected chi connectivity index (χ4v) is 2.04. The number of nitrogens with two attached hydrogens (primary N) is 1. The third kappa shape index (κ3) is 11.0. The van der Waals surface area contributed by atoms with Crippen LogP contribution in [0.4, 0.5) is 0 Å². The highest BCUT2D eigenvalue weighted by Crippen LogP contribution is 2.06. The van der Waals surface area contributed by atoms with Crippen LogP contribution in [0.5, 0.6) is 0 Å². The molecule has 6 nitrogen and oxygen atoms in total. The first-order valence-corrected chi connectivity index (χ1v) is 8.51. The highest BCUT2D eigenvalue weighted by atomic mass is 127. The monoisotopic (exact) mass is 462 g/mol. The van der Waals surface area contributed by atoms with Gasteiger partial charge in [0, 0.05) is 31.9 Å². The second-order valence-electron chi connectivity index (χ2n) is 6.01. The lowest BCUT2D eigenvalue weighted by Crippen LogP contribution is -2.38. The molecule has 7 heteroatoms. The Kier molecular flexibility index (Phi) is 13.1. The maximum Gasteiger partial charge on any atom is 0.248 e. The van der Waals surface area contributed by atoms with E-state index in [2.05, 4.69) is 29.5 Å². The Balaban J connectivity index is 0.00000576. The van der Waals surface area contributed by atoms with E-state index in [1.54, 1.807) is 12.1 Å². The lowest BCUT2D eigenvalue weighted by molar-refractivity contribution is 0.1000. The zero-order valence-electron chi connectivity index (χ0n) is 15.4. The van der Waals surface area contributed by atoms with Crippen LogP contribution in [-0.4, -0.2) is 38.2 Å². The predicted octanol–water partition coefficient (Wildman–Crippen LogP) is 2.52. The number of rotatable bonds is 10. The van der Waals surface area contributed by atoms with Crippen molar-refractivity contribution in [1.82, 2.24) is 10.6 Å². The molecule has 0 atom stereocenters. The van der Waals surface area contributed by atoms with Gasteiger partial charge in [0.2, 0.25) is 5.91 Å². The van der Waals surface area contributed by atoms with Crippen molar-refractivity contribution in [1.29, 1.82) is 0 Å². The van der Waals surface area contributed by atoms with Crippen LogP contribution < -0.4 is 16.4 Å². The molecule has 0 spiro atoms. The molecule has 0 radical (unpaired) electrons. The predicted molar refractivity (Wildman–Crippen MR) is 113 cm³/mol. The van der Waals surface area contributed by atoms with Crippen LogP contribution in [0.3, 0.4) is 0 Å². The number of aliphatic imine (C=N–C) groups is 1. The summed E-state index contributed by atoms with van der Waals surface area (Å²) in [5.41, 5.74) is 6.75. The molecule has 0 aliphatic heterocycles. The van der Waals surface area contributed by atoms with Crippen molar-refractivity contribution in [2.45, 2.75) is 33.7 Å². The van der Waals surface area contributed by atoms with Crippen molar-refractivity contribution in [2.24, 2.45) is 16.6 Å². The van der Waals surface area contributed by atoms with Gasteiger partial charge in [-0.1, -0.05) is 26.0 Å². The molecule has 0 fully saturated rings. The van der Waals surface area contributed by atoms with E-state index in [9.17, 15) is 4.79 Å². The number of hydrogen-bond donors (Lipinski definition) is 3. The Hall–Kier alpha value is -1.35. The van der Waals surface area contributed by atoms with Gasteiger partial charge in [0.1, 0.15) is 0 Å².